The Bertz CT molecular complexity index is 292. The van der Waals surface area contributed by atoms with Crippen molar-refractivity contribution in [2.75, 3.05) is 6.54 Å². The first-order valence-corrected chi connectivity index (χ1v) is 6.97. The second-order valence-electron chi connectivity index (χ2n) is 5.22. The van der Waals surface area contributed by atoms with Gasteiger partial charge in [0.25, 0.3) is 0 Å². The molecule has 0 heterocycles. The quantitative estimate of drug-likeness (QED) is 0.744. The Morgan fingerprint density at radius 1 is 1.06 bits per heavy atom. The van der Waals surface area contributed by atoms with Crippen LogP contribution in [0.3, 0.4) is 0 Å². The summed E-state index contributed by atoms with van der Waals surface area (Å²) >= 11 is 0. The standard InChI is InChI=1S/C16H27N/c1-5-15(14-10-8-7-9-11-14)16(17-6-2)12-13(3)4/h7-11,13,15-17H,5-6,12H2,1-4H3. The van der Waals surface area contributed by atoms with Crippen LogP contribution in [0.1, 0.15) is 52.0 Å². The molecule has 17 heavy (non-hydrogen) atoms. The van der Waals surface area contributed by atoms with Crippen LogP contribution in [0, 0.1) is 5.92 Å². The molecule has 1 nitrogen and oxygen atoms in total. The van der Waals surface area contributed by atoms with Crippen LogP contribution in [0.15, 0.2) is 30.3 Å². The molecule has 96 valence electrons. The van der Waals surface area contributed by atoms with Crippen LogP contribution in [0.25, 0.3) is 0 Å². The number of likely N-dealkylation sites (N-methyl/N-ethyl adjacent to an activating group) is 1. The van der Waals surface area contributed by atoms with Crippen LogP contribution < -0.4 is 5.32 Å². The van der Waals surface area contributed by atoms with Crippen LogP contribution in [-0.2, 0) is 0 Å². The summed E-state index contributed by atoms with van der Waals surface area (Å²) in [6.45, 7) is 10.2. The van der Waals surface area contributed by atoms with E-state index in [9.17, 15) is 0 Å². The SMILES string of the molecule is CCNC(CC(C)C)C(CC)c1ccccc1. The number of benzene rings is 1. The predicted octanol–water partition coefficient (Wildman–Crippen LogP) is 4.20. The summed E-state index contributed by atoms with van der Waals surface area (Å²) in [5.41, 5.74) is 1.47. The maximum atomic E-state index is 3.66. The van der Waals surface area contributed by atoms with Crippen molar-refractivity contribution in [3.63, 3.8) is 0 Å². The third-order valence-electron chi connectivity index (χ3n) is 3.34. The van der Waals surface area contributed by atoms with Crippen molar-refractivity contribution in [2.45, 2.75) is 52.5 Å². The predicted molar refractivity (Wildman–Crippen MR) is 76.4 cm³/mol. The van der Waals surface area contributed by atoms with E-state index in [-0.39, 0.29) is 0 Å². The smallest absolute Gasteiger partial charge is 0.0138 e. The molecule has 1 rings (SSSR count). The van der Waals surface area contributed by atoms with Crippen LogP contribution in [0.4, 0.5) is 0 Å². The molecule has 0 fully saturated rings. The lowest BCUT2D eigenvalue weighted by Gasteiger charge is -2.29. The van der Waals surface area contributed by atoms with Crippen molar-refractivity contribution < 1.29 is 0 Å². The zero-order chi connectivity index (χ0) is 12.7. The molecule has 0 aliphatic heterocycles. The highest BCUT2D eigenvalue weighted by molar-refractivity contribution is 5.21. The van der Waals surface area contributed by atoms with E-state index >= 15 is 0 Å². The molecule has 0 bridgehead atoms. The number of rotatable bonds is 7. The lowest BCUT2D eigenvalue weighted by Crippen LogP contribution is -2.35. The summed E-state index contributed by atoms with van der Waals surface area (Å²) in [5.74, 6) is 1.38. The van der Waals surface area contributed by atoms with Gasteiger partial charge in [0.05, 0.1) is 0 Å². The molecule has 0 aromatic heterocycles. The summed E-state index contributed by atoms with van der Waals surface area (Å²) in [6.07, 6.45) is 2.45. The second kappa shape index (κ2) is 7.50. The fourth-order valence-corrected chi connectivity index (χ4v) is 2.61. The van der Waals surface area contributed by atoms with Crippen LogP contribution in [-0.4, -0.2) is 12.6 Å². The summed E-state index contributed by atoms with van der Waals surface area (Å²) in [4.78, 5) is 0. The molecular formula is C16H27N. The largest absolute Gasteiger partial charge is 0.314 e. The summed E-state index contributed by atoms with van der Waals surface area (Å²) < 4.78 is 0. The van der Waals surface area contributed by atoms with Gasteiger partial charge in [-0.25, -0.2) is 0 Å². The van der Waals surface area contributed by atoms with Crippen LogP contribution in [0.2, 0.25) is 0 Å². The van der Waals surface area contributed by atoms with E-state index in [0.717, 1.165) is 12.5 Å². The highest BCUT2D eigenvalue weighted by atomic mass is 14.9. The van der Waals surface area contributed by atoms with E-state index in [4.69, 9.17) is 0 Å². The molecule has 1 heteroatoms. The molecule has 2 unspecified atom stereocenters. The molecule has 0 aliphatic carbocycles. The zero-order valence-corrected chi connectivity index (χ0v) is 11.7. The van der Waals surface area contributed by atoms with E-state index in [2.05, 4.69) is 63.3 Å². The molecule has 1 N–H and O–H groups in total. The fraction of sp³-hybridized carbons (Fsp3) is 0.625. The van der Waals surface area contributed by atoms with E-state index in [1.165, 1.54) is 18.4 Å². The van der Waals surface area contributed by atoms with Gasteiger partial charge < -0.3 is 5.32 Å². The third-order valence-corrected chi connectivity index (χ3v) is 3.34. The molecular weight excluding hydrogens is 206 g/mol. The normalized spacial score (nSPS) is 14.9. The van der Waals surface area contributed by atoms with Gasteiger partial charge in [-0.15, -0.1) is 0 Å². The third kappa shape index (κ3) is 4.51. The van der Waals surface area contributed by atoms with Crippen molar-refractivity contribution >= 4 is 0 Å². The van der Waals surface area contributed by atoms with Gasteiger partial charge in [0.15, 0.2) is 0 Å². The molecule has 1 aromatic carbocycles. The molecule has 2 atom stereocenters. The molecule has 1 aromatic rings. The zero-order valence-electron chi connectivity index (χ0n) is 11.7. The molecule has 0 radical (unpaired) electrons. The summed E-state index contributed by atoms with van der Waals surface area (Å²) in [6, 6.07) is 11.5. The molecule has 0 aliphatic rings. The van der Waals surface area contributed by atoms with E-state index < -0.39 is 0 Å². The van der Waals surface area contributed by atoms with Gasteiger partial charge in [-0.2, -0.15) is 0 Å². The van der Waals surface area contributed by atoms with Gasteiger partial charge in [-0.3, -0.25) is 0 Å². The number of nitrogens with one attached hydrogen (secondary N) is 1. The minimum atomic E-state index is 0.604. The highest BCUT2D eigenvalue weighted by Gasteiger charge is 2.21. The van der Waals surface area contributed by atoms with Gasteiger partial charge in [0, 0.05) is 6.04 Å². The maximum absolute atomic E-state index is 3.66. The van der Waals surface area contributed by atoms with Crippen LogP contribution >= 0.6 is 0 Å². The lowest BCUT2D eigenvalue weighted by atomic mass is 9.85. The van der Waals surface area contributed by atoms with Gasteiger partial charge in [0.2, 0.25) is 0 Å². The fourth-order valence-electron chi connectivity index (χ4n) is 2.61. The number of hydrogen-bond acceptors (Lipinski definition) is 1. The molecule has 0 spiro atoms. The van der Waals surface area contributed by atoms with E-state index in [1.54, 1.807) is 0 Å². The second-order valence-corrected chi connectivity index (χ2v) is 5.22. The van der Waals surface area contributed by atoms with Crippen molar-refractivity contribution in [1.29, 1.82) is 0 Å². The highest BCUT2D eigenvalue weighted by Crippen LogP contribution is 2.26. The minimum Gasteiger partial charge on any atom is -0.314 e. The van der Waals surface area contributed by atoms with Gasteiger partial charge in [-0.1, -0.05) is 58.0 Å². The Kier molecular flexibility index (Phi) is 6.28. The summed E-state index contributed by atoms with van der Waals surface area (Å²) in [7, 11) is 0. The Balaban J connectivity index is 2.81. The van der Waals surface area contributed by atoms with Gasteiger partial charge in [0.1, 0.15) is 0 Å². The first-order valence-electron chi connectivity index (χ1n) is 6.97. The Hall–Kier alpha value is -0.820. The lowest BCUT2D eigenvalue weighted by molar-refractivity contribution is 0.363. The summed E-state index contributed by atoms with van der Waals surface area (Å²) in [5, 5.41) is 3.66. The first-order chi connectivity index (χ1) is 8.19. The van der Waals surface area contributed by atoms with Crippen molar-refractivity contribution in [3.05, 3.63) is 35.9 Å². The Morgan fingerprint density at radius 2 is 1.71 bits per heavy atom. The van der Waals surface area contributed by atoms with Gasteiger partial charge in [-0.05, 0) is 36.8 Å². The van der Waals surface area contributed by atoms with Crippen LogP contribution in [0.5, 0.6) is 0 Å². The average molecular weight is 233 g/mol. The van der Waals surface area contributed by atoms with Crippen molar-refractivity contribution in [3.8, 4) is 0 Å². The van der Waals surface area contributed by atoms with E-state index in [0.29, 0.717) is 12.0 Å². The minimum absolute atomic E-state index is 0.604. The maximum Gasteiger partial charge on any atom is 0.0138 e. The Morgan fingerprint density at radius 3 is 2.18 bits per heavy atom. The molecule has 0 amide bonds. The average Bonchev–Trinajstić information content (AvgIpc) is 2.31. The monoisotopic (exact) mass is 233 g/mol. The van der Waals surface area contributed by atoms with Crippen molar-refractivity contribution in [1.82, 2.24) is 5.32 Å². The molecule has 0 saturated heterocycles. The Labute approximate surface area is 107 Å². The van der Waals surface area contributed by atoms with E-state index in [1.807, 2.05) is 0 Å². The van der Waals surface area contributed by atoms with Crippen molar-refractivity contribution in [2.24, 2.45) is 5.92 Å². The topological polar surface area (TPSA) is 12.0 Å². The number of hydrogen-bond donors (Lipinski definition) is 1. The van der Waals surface area contributed by atoms with Gasteiger partial charge >= 0.3 is 0 Å². The first kappa shape index (κ1) is 14.2. The molecule has 0 saturated carbocycles.